The molecule has 1 aliphatic rings. The average molecular weight is 218 g/mol. The molecule has 0 spiro atoms. The van der Waals surface area contributed by atoms with Gasteiger partial charge in [-0.3, -0.25) is 4.98 Å². The first kappa shape index (κ1) is 11.6. The standard InChI is InChI=1S/C14H22N2/c1-10(2)12-8-13(9-12)16-11(3)14-6-4-5-7-15-14/h4-7,10-13,16H,8-9H2,1-3H3/t11-,12?,13?/m1/s1. The van der Waals surface area contributed by atoms with Crippen molar-refractivity contribution in [3.8, 4) is 0 Å². The van der Waals surface area contributed by atoms with E-state index in [4.69, 9.17) is 0 Å². The fourth-order valence-electron chi connectivity index (χ4n) is 2.41. The lowest BCUT2D eigenvalue weighted by Gasteiger charge is -2.40. The molecule has 2 nitrogen and oxygen atoms in total. The molecule has 0 unspecified atom stereocenters. The Bertz CT molecular complexity index is 315. The van der Waals surface area contributed by atoms with E-state index in [1.165, 1.54) is 12.8 Å². The number of rotatable bonds is 4. The predicted molar refractivity (Wildman–Crippen MR) is 67.1 cm³/mol. The molecule has 1 fully saturated rings. The topological polar surface area (TPSA) is 24.9 Å². The fourth-order valence-corrected chi connectivity index (χ4v) is 2.41. The summed E-state index contributed by atoms with van der Waals surface area (Å²) in [4.78, 5) is 4.38. The van der Waals surface area contributed by atoms with Crippen LogP contribution in [0, 0.1) is 11.8 Å². The Balaban J connectivity index is 1.80. The maximum atomic E-state index is 4.38. The summed E-state index contributed by atoms with van der Waals surface area (Å²) in [5.74, 6) is 1.76. The number of pyridine rings is 1. The first-order valence-electron chi connectivity index (χ1n) is 6.33. The monoisotopic (exact) mass is 218 g/mol. The highest BCUT2D eigenvalue weighted by Gasteiger charge is 2.31. The second-order valence-corrected chi connectivity index (χ2v) is 5.32. The lowest BCUT2D eigenvalue weighted by Crippen LogP contribution is -2.44. The van der Waals surface area contributed by atoms with Gasteiger partial charge >= 0.3 is 0 Å². The van der Waals surface area contributed by atoms with Gasteiger partial charge in [0.2, 0.25) is 0 Å². The smallest absolute Gasteiger partial charge is 0.0570 e. The third-order valence-electron chi connectivity index (χ3n) is 3.73. The second-order valence-electron chi connectivity index (χ2n) is 5.32. The third-order valence-corrected chi connectivity index (χ3v) is 3.73. The van der Waals surface area contributed by atoms with Crippen molar-refractivity contribution < 1.29 is 0 Å². The van der Waals surface area contributed by atoms with E-state index in [-0.39, 0.29) is 0 Å². The summed E-state index contributed by atoms with van der Waals surface area (Å²) in [5, 5.41) is 3.65. The van der Waals surface area contributed by atoms with Crippen LogP contribution in [0.25, 0.3) is 0 Å². The highest BCUT2D eigenvalue weighted by molar-refractivity contribution is 5.08. The predicted octanol–water partition coefficient (Wildman–Crippen LogP) is 3.17. The van der Waals surface area contributed by atoms with E-state index >= 15 is 0 Å². The molecule has 0 saturated heterocycles. The first-order chi connectivity index (χ1) is 7.66. The van der Waals surface area contributed by atoms with Crippen LogP contribution in [0.3, 0.4) is 0 Å². The first-order valence-corrected chi connectivity index (χ1v) is 6.33. The Labute approximate surface area is 98.5 Å². The van der Waals surface area contributed by atoms with Crippen LogP contribution in [0.5, 0.6) is 0 Å². The molecule has 1 aromatic rings. The van der Waals surface area contributed by atoms with Crippen molar-refractivity contribution in [1.29, 1.82) is 0 Å². The van der Waals surface area contributed by atoms with Gasteiger partial charge in [-0.2, -0.15) is 0 Å². The van der Waals surface area contributed by atoms with E-state index in [9.17, 15) is 0 Å². The average Bonchev–Trinajstić information content (AvgIpc) is 2.23. The summed E-state index contributed by atoms with van der Waals surface area (Å²) in [5.41, 5.74) is 1.15. The molecular formula is C14H22N2. The van der Waals surface area contributed by atoms with E-state index in [1.54, 1.807) is 0 Å². The van der Waals surface area contributed by atoms with Crippen molar-refractivity contribution in [3.05, 3.63) is 30.1 Å². The van der Waals surface area contributed by atoms with Crippen molar-refractivity contribution >= 4 is 0 Å². The van der Waals surface area contributed by atoms with Crippen molar-refractivity contribution in [2.75, 3.05) is 0 Å². The van der Waals surface area contributed by atoms with Gasteiger partial charge in [0, 0.05) is 18.3 Å². The summed E-state index contributed by atoms with van der Waals surface area (Å²) in [6.45, 7) is 6.84. The van der Waals surface area contributed by atoms with Crippen molar-refractivity contribution in [1.82, 2.24) is 10.3 Å². The molecule has 1 atom stereocenters. The second kappa shape index (κ2) is 4.96. The summed E-state index contributed by atoms with van der Waals surface area (Å²) in [7, 11) is 0. The molecular weight excluding hydrogens is 196 g/mol. The van der Waals surface area contributed by atoms with Gasteiger partial charge in [-0.15, -0.1) is 0 Å². The van der Waals surface area contributed by atoms with E-state index in [1.807, 2.05) is 12.3 Å². The van der Waals surface area contributed by atoms with Crippen LogP contribution in [0.15, 0.2) is 24.4 Å². The Morgan fingerprint density at radius 2 is 2.00 bits per heavy atom. The number of nitrogens with zero attached hydrogens (tertiary/aromatic N) is 1. The van der Waals surface area contributed by atoms with Gasteiger partial charge in [-0.05, 0) is 43.7 Å². The summed E-state index contributed by atoms with van der Waals surface area (Å²) in [6.07, 6.45) is 4.52. The number of aromatic nitrogens is 1. The van der Waals surface area contributed by atoms with Gasteiger partial charge in [0.15, 0.2) is 0 Å². The molecule has 2 rings (SSSR count). The molecule has 1 heterocycles. The Hall–Kier alpha value is -0.890. The molecule has 2 heteroatoms. The Morgan fingerprint density at radius 1 is 1.25 bits per heavy atom. The van der Waals surface area contributed by atoms with E-state index in [0.717, 1.165) is 17.5 Å². The third kappa shape index (κ3) is 2.62. The Morgan fingerprint density at radius 3 is 2.56 bits per heavy atom. The molecule has 1 N–H and O–H groups in total. The SMILES string of the molecule is CC(C)C1CC(N[C@H](C)c2ccccn2)C1. The highest BCUT2D eigenvalue weighted by atomic mass is 15.0. The van der Waals surface area contributed by atoms with Crippen molar-refractivity contribution in [2.24, 2.45) is 11.8 Å². The number of hydrogen-bond donors (Lipinski definition) is 1. The van der Waals surface area contributed by atoms with Crippen LogP contribution in [-0.2, 0) is 0 Å². The molecule has 0 radical (unpaired) electrons. The van der Waals surface area contributed by atoms with Gasteiger partial charge < -0.3 is 5.32 Å². The zero-order valence-corrected chi connectivity index (χ0v) is 10.5. The molecule has 0 bridgehead atoms. The van der Waals surface area contributed by atoms with Crippen molar-refractivity contribution in [3.63, 3.8) is 0 Å². The van der Waals surface area contributed by atoms with Crippen LogP contribution < -0.4 is 5.32 Å². The molecule has 1 aromatic heterocycles. The van der Waals surface area contributed by atoms with Gasteiger partial charge in [0.05, 0.1) is 5.69 Å². The lowest BCUT2D eigenvalue weighted by atomic mass is 9.73. The molecule has 88 valence electrons. The minimum atomic E-state index is 0.374. The van der Waals surface area contributed by atoms with Crippen LogP contribution in [0.4, 0.5) is 0 Å². The van der Waals surface area contributed by atoms with E-state index < -0.39 is 0 Å². The van der Waals surface area contributed by atoms with Crippen LogP contribution in [-0.4, -0.2) is 11.0 Å². The summed E-state index contributed by atoms with van der Waals surface area (Å²) in [6, 6.07) is 7.19. The lowest BCUT2D eigenvalue weighted by molar-refractivity contribution is 0.159. The zero-order chi connectivity index (χ0) is 11.5. The van der Waals surface area contributed by atoms with Gasteiger partial charge in [-0.25, -0.2) is 0 Å². The molecule has 0 amide bonds. The van der Waals surface area contributed by atoms with Gasteiger partial charge in [0.1, 0.15) is 0 Å². The number of nitrogens with one attached hydrogen (secondary N) is 1. The molecule has 0 aromatic carbocycles. The van der Waals surface area contributed by atoms with E-state index in [2.05, 4.69) is 43.2 Å². The van der Waals surface area contributed by atoms with Gasteiger partial charge in [-0.1, -0.05) is 19.9 Å². The highest BCUT2D eigenvalue weighted by Crippen LogP contribution is 2.34. The largest absolute Gasteiger partial charge is 0.306 e. The van der Waals surface area contributed by atoms with Crippen LogP contribution in [0.1, 0.15) is 45.3 Å². The zero-order valence-electron chi connectivity index (χ0n) is 10.5. The molecule has 1 saturated carbocycles. The summed E-state index contributed by atoms with van der Waals surface area (Å²) < 4.78 is 0. The van der Waals surface area contributed by atoms with Gasteiger partial charge in [0.25, 0.3) is 0 Å². The maximum absolute atomic E-state index is 4.38. The van der Waals surface area contributed by atoms with E-state index in [0.29, 0.717) is 12.1 Å². The van der Waals surface area contributed by atoms with Crippen molar-refractivity contribution in [2.45, 2.75) is 45.7 Å². The summed E-state index contributed by atoms with van der Waals surface area (Å²) >= 11 is 0. The molecule has 0 aliphatic heterocycles. The fraction of sp³-hybridized carbons (Fsp3) is 0.643. The normalized spacial score (nSPS) is 26.5. The molecule has 16 heavy (non-hydrogen) atoms. The minimum Gasteiger partial charge on any atom is -0.306 e. The Kier molecular flexibility index (Phi) is 3.59. The van der Waals surface area contributed by atoms with Crippen LogP contribution in [0.2, 0.25) is 0 Å². The molecule has 1 aliphatic carbocycles. The quantitative estimate of drug-likeness (QED) is 0.839. The maximum Gasteiger partial charge on any atom is 0.0570 e. The number of hydrogen-bond acceptors (Lipinski definition) is 2. The van der Waals surface area contributed by atoms with Crippen LogP contribution >= 0.6 is 0 Å². The minimum absolute atomic E-state index is 0.374.